The van der Waals surface area contributed by atoms with E-state index in [1.165, 1.54) is 9.80 Å². The highest BCUT2D eigenvalue weighted by Crippen LogP contribution is 2.33. The van der Waals surface area contributed by atoms with Crippen LogP contribution in [0.5, 0.6) is 0 Å². The molecular weight excluding hydrogens is 386 g/mol. The SMILES string of the molecule is NC1C(=O)N(CC(=O)N2CCCC2)c2ccccc2N(CC(=O)N2CCCC2)C1=O. The Morgan fingerprint density at radius 1 is 0.767 bits per heavy atom. The number of para-hydroxylation sites is 2. The van der Waals surface area contributed by atoms with Crippen LogP contribution in [0, 0.1) is 0 Å². The lowest BCUT2D eigenvalue weighted by molar-refractivity contribution is -0.133. The van der Waals surface area contributed by atoms with Crippen LogP contribution in [0.15, 0.2) is 24.3 Å². The van der Waals surface area contributed by atoms with Gasteiger partial charge in [-0.3, -0.25) is 29.0 Å². The van der Waals surface area contributed by atoms with Gasteiger partial charge in [0.05, 0.1) is 11.4 Å². The van der Waals surface area contributed by atoms with Crippen LogP contribution < -0.4 is 15.5 Å². The molecule has 3 aliphatic rings. The van der Waals surface area contributed by atoms with Gasteiger partial charge in [-0.05, 0) is 37.8 Å². The summed E-state index contributed by atoms with van der Waals surface area (Å²) in [5, 5.41) is 0. The largest absolute Gasteiger partial charge is 0.341 e. The van der Waals surface area contributed by atoms with Crippen molar-refractivity contribution in [2.24, 2.45) is 5.73 Å². The number of anilines is 2. The Morgan fingerprint density at radius 2 is 1.13 bits per heavy atom. The molecule has 2 fully saturated rings. The number of nitrogens with two attached hydrogens (primary N) is 1. The van der Waals surface area contributed by atoms with Gasteiger partial charge in [-0.15, -0.1) is 0 Å². The molecule has 160 valence electrons. The minimum Gasteiger partial charge on any atom is -0.341 e. The minimum atomic E-state index is -1.46. The second-order valence-corrected chi connectivity index (χ2v) is 7.99. The van der Waals surface area contributed by atoms with E-state index in [1.54, 1.807) is 34.1 Å². The molecule has 9 heteroatoms. The summed E-state index contributed by atoms with van der Waals surface area (Å²) in [6, 6.07) is 5.38. The molecule has 4 rings (SSSR count). The lowest BCUT2D eigenvalue weighted by Gasteiger charge is -2.27. The highest BCUT2D eigenvalue weighted by atomic mass is 16.2. The number of benzene rings is 1. The predicted octanol–water partition coefficient (Wildman–Crippen LogP) is -0.0617. The van der Waals surface area contributed by atoms with E-state index in [4.69, 9.17) is 5.73 Å². The first kappa shape index (κ1) is 20.3. The fraction of sp³-hybridized carbons (Fsp3) is 0.524. The molecule has 0 radical (unpaired) electrons. The molecule has 2 saturated heterocycles. The Bertz CT molecular complexity index is 792. The van der Waals surface area contributed by atoms with Gasteiger partial charge in [0.25, 0.3) is 11.8 Å². The third-order valence-corrected chi connectivity index (χ3v) is 6.03. The summed E-state index contributed by atoms with van der Waals surface area (Å²) in [4.78, 5) is 57.6. The summed E-state index contributed by atoms with van der Waals surface area (Å²) in [6.07, 6.45) is 3.78. The van der Waals surface area contributed by atoms with Crippen LogP contribution in [-0.2, 0) is 19.2 Å². The number of amides is 4. The van der Waals surface area contributed by atoms with Crippen LogP contribution in [0.25, 0.3) is 0 Å². The van der Waals surface area contributed by atoms with Crippen LogP contribution in [-0.4, -0.2) is 78.7 Å². The van der Waals surface area contributed by atoms with Crippen LogP contribution in [0.1, 0.15) is 25.7 Å². The molecule has 0 aromatic heterocycles. The van der Waals surface area contributed by atoms with Crippen LogP contribution in [0.2, 0.25) is 0 Å². The van der Waals surface area contributed by atoms with E-state index < -0.39 is 17.9 Å². The molecule has 0 atom stereocenters. The molecule has 0 unspecified atom stereocenters. The quantitative estimate of drug-likeness (QED) is 0.696. The minimum absolute atomic E-state index is 0.170. The molecule has 3 heterocycles. The summed E-state index contributed by atoms with van der Waals surface area (Å²) in [5.74, 6) is -1.60. The molecule has 1 aromatic rings. The number of carbonyl (C=O) groups excluding carboxylic acids is 4. The number of nitrogens with zero attached hydrogens (tertiary/aromatic N) is 4. The molecule has 2 N–H and O–H groups in total. The summed E-state index contributed by atoms with van der Waals surface area (Å²) < 4.78 is 0. The fourth-order valence-electron chi connectivity index (χ4n) is 4.33. The monoisotopic (exact) mass is 413 g/mol. The standard InChI is InChI=1S/C21H27N5O4/c22-19-20(29)25(13-17(27)23-9-3-4-10-23)15-7-1-2-8-16(15)26(21(19)30)14-18(28)24-11-5-6-12-24/h1-2,7-8,19H,3-6,9-14,22H2. The average Bonchev–Trinajstić information content (AvgIpc) is 3.47. The maximum Gasteiger partial charge on any atom is 0.254 e. The van der Waals surface area contributed by atoms with Gasteiger partial charge in [-0.25, -0.2) is 0 Å². The zero-order valence-corrected chi connectivity index (χ0v) is 17.0. The smallest absolute Gasteiger partial charge is 0.254 e. The van der Waals surface area contributed by atoms with Crippen molar-refractivity contribution >= 4 is 35.0 Å². The van der Waals surface area contributed by atoms with Crippen molar-refractivity contribution in [3.8, 4) is 0 Å². The Hall–Kier alpha value is -2.94. The van der Waals surface area contributed by atoms with E-state index in [2.05, 4.69) is 0 Å². The van der Waals surface area contributed by atoms with Crippen LogP contribution in [0.4, 0.5) is 11.4 Å². The Morgan fingerprint density at radius 3 is 1.50 bits per heavy atom. The van der Waals surface area contributed by atoms with E-state index in [1.807, 2.05) is 0 Å². The van der Waals surface area contributed by atoms with E-state index in [0.717, 1.165) is 25.7 Å². The zero-order valence-electron chi connectivity index (χ0n) is 17.0. The molecule has 4 amide bonds. The van der Waals surface area contributed by atoms with Gasteiger partial charge in [0.2, 0.25) is 11.8 Å². The lowest BCUT2D eigenvalue weighted by atomic mass is 10.2. The number of carbonyl (C=O) groups is 4. The Balaban J connectivity index is 1.65. The van der Waals surface area contributed by atoms with Crippen LogP contribution >= 0.6 is 0 Å². The highest BCUT2D eigenvalue weighted by Gasteiger charge is 2.40. The first-order valence-corrected chi connectivity index (χ1v) is 10.5. The molecule has 0 saturated carbocycles. The zero-order chi connectivity index (χ0) is 21.3. The summed E-state index contributed by atoms with van der Waals surface area (Å²) in [7, 11) is 0. The summed E-state index contributed by atoms with van der Waals surface area (Å²) >= 11 is 0. The molecule has 9 nitrogen and oxygen atoms in total. The van der Waals surface area contributed by atoms with Crippen molar-refractivity contribution < 1.29 is 19.2 Å². The predicted molar refractivity (Wildman–Crippen MR) is 111 cm³/mol. The molecule has 1 aromatic carbocycles. The van der Waals surface area contributed by atoms with Gasteiger partial charge in [0, 0.05) is 26.2 Å². The van der Waals surface area contributed by atoms with Gasteiger partial charge in [0.15, 0.2) is 6.04 Å². The second-order valence-electron chi connectivity index (χ2n) is 7.99. The van der Waals surface area contributed by atoms with Crippen molar-refractivity contribution in [1.29, 1.82) is 0 Å². The maximum absolute atomic E-state index is 13.0. The van der Waals surface area contributed by atoms with E-state index in [-0.39, 0.29) is 24.9 Å². The molecule has 0 aliphatic carbocycles. The summed E-state index contributed by atoms with van der Waals surface area (Å²) in [5.41, 5.74) is 6.85. The maximum atomic E-state index is 13.0. The first-order chi connectivity index (χ1) is 14.5. The molecule has 0 bridgehead atoms. The number of fused-ring (bicyclic) bond motifs is 1. The van der Waals surface area contributed by atoms with Gasteiger partial charge in [-0.2, -0.15) is 0 Å². The topological polar surface area (TPSA) is 107 Å². The Labute approximate surface area is 175 Å². The number of likely N-dealkylation sites (tertiary alicyclic amines) is 2. The second kappa shape index (κ2) is 8.43. The van der Waals surface area contributed by atoms with Crippen LogP contribution in [0.3, 0.4) is 0 Å². The average molecular weight is 413 g/mol. The highest BCUT2D eigenvalue weighted by molar-refractivity contribution is 6.22. The fourth-order valence-corrected chi connectivity index (χ4v) is 4.33. The lowest BCUT2D eigenvalue weighted by Crippen LogP contribution is -2.54. The van der Waals surface area contributed by atoms with E-state index >= 15 is 0 Å². The third kappa shape index (κ3) is 3.77. The number of hydrogen-bond donors (Lipinski definition) is 1. The van der Waals surface area contributed by atoms with Crippen molar-refractivity contribution in [2.45, 2.75) is 31.7 Å². The van der Waals surface area contributed by atoms with E-state index in [9.17, 15) is 19.2 Å². The van der Waals surface area contributed by atoms with Crippen molar-refractivity contribution in [1.82, 2.24) is 9.80 Å². The molecule has 30 heavy (non-hydrogen) atoms. The van der Waals surface area contributed by atoms with Gasteiger partial charge >= 0.3 is 0 Å². The first-order valence-electron chi connectivity index (χ1n) is 10.5. The van der Waals surface area contributed by atoms with Gasteiger partial charge in [0.1, 0.15) is 13.1 Å². The summed E-state index contributed by atoms with van der Waals surface area (Å²) in [6.45, 7) is 2.33. The number of hydrogen-bond acceptors (Lipinski definition) is 5. The van der Waals surface area contributed by atoms with Gasteiger partial charge in [-0.1, -0.05) is 12.1 Å². The molecule has 0 spiro atoms. The Kier molecular flexibility index (Phi) is 5.72. The van der Waals surface area contributed by atoms with Crippen molar-refractivity contribution in [2.75, 3.05) is 49.1 Å². The van der Waals surface area contributed by atoms with Gasteiger partial charge < -0.3 is 15.5 Å². The third-order valence-electron chi connectivity index (χ3n) is 6.03. The number of rotatable bonds is 4. The molecule has 3 aliphatic heterocycles. The van der Waals surface area contributed by atoms with E-state index in [0.29, 0.717) is 37.6 Å². The molecular formula is C21H27N5O4. The van der Waals surface area contributed by atoms with Crippen molar-refractivity contribution in [3.63, 3.8) is 0 Å². The van der Waals surface area contributed by atoms with Crippen molar-refractivity contribution in [3.05, 3.63) is 24.3 Å². The normalized spacial score (nSPS) is 20.0.